The lowest BCUT2D eigenvalue weighted by atomic mass is 9.60. The molecule has 2 amide bonds. The summed E-state index contributed by atoms with van der Waals surface area (Å²) in [6.45, 7) is 4.11. The number of rotatable bonds is 4. The Morgan fingerprint density at radius 2 is 1.77 bits per heavy atom. The van der Waals surface area contributed by atoms with E-state index in [1.807, 2.05) is 43.3 Å². The summed E-state index contributed by atoms with van der Waals surface area (Å²) in [7, 11) is 0. The molecule has 2 fully saturated rings. The summed E-state index contributed by atoms with van der Waals surface area (Å²) < 4.78 is 13.2. The zero-order valence-corrected chi connectivity index (χ0v) is 17.1. The molecule has 0 unspecified atom stereocenters. The zero-order valence-electron chi connectivity index (χ0n) is 17.1. The highest BCUT2D eigenvalue weighted by Crippen LogP contribution is 2.54. The molecule has 2 heterocycles. The number of allylic oxidation sites excluding steroid dienone is 1. The number of carbonyl (C=O) groups is 2. The molecule has 5 nitrogen and oxygen atoms in total. The van der Waals surface area contributed by atoms with Crippen LogP contribution >= 0.6 is 0 Å². The molecule has 0 aliphatic carbocycles. The van der Waals surface area contributed by atoms with Gasteiger partial charge in [-0.3, -0.25) is 9.59 Å². The van der Waals surface area contributed by atoms with Crippen molar-refractivity contribution in [1.29, 1.82) is 0 Å². The van der Waals surface area contributed by atoms with Gasteiger partial charge in [-0.1, -0.05) is 36.4 Å². The van der Waals surface area contributed by atoms with E-state index in [9.17, 15) is 19.1 Å². The van der Waals surface area contributed by atoms with E-state index in [1.165, 1.54) is 31.2 Å². The van der Waals surface area contributed by atoms with Crippen molar-refractivity contribution >= 4 is 17.9 Å². The smallest absolute Gasteiger partial charge is 0.254 e. The molecule has 4 rings (SSSR count). The zero-order chi connectivity index (χ0) is 21.5. The molecule has 2 saturated heterocycles. The summed E-state index contributed by atoms with van der Waals surface area (Å²) in [6, 6.07) is 13.3. The summed E-state index contributed by atoms with van der Waals surface area (Å²) in [5, 5.41) is 9.99. The van der Waals surface area contributed by atoms with Gasteiger partial charge >= 0.3 is 0 Å². The van der Waals surface area contributed by atoms with Crippen LogP contribution in [0.2, 0.25) is 0 Å². The normalized spacial score (nSPS) is 22.1. The first-order valence-corrected chi connectivity index (χ1v) is 10.1. The van der Waals surface area contributed by atoms with Gasteiger partial charge in [0.2, 0.25) is 5.91 Å². The highest BCUT2D eigenvalue weighted by molar-refractivity contribution is 5.95. The molecule has 2 aliphatic rings. The number of aliphatic hydroxyl groups is 1. The van der Waals surface area contributed by atoms with Crippen molar-refractivity contribution in [3.05, 3.63) is 77.1 Å². The second-order valence-electron chi connectivity index (χ2n) is 8.05. The van der Waals surface area contributed by atoms with E-state index in [-0.39, 0.29) is 36.2 Å². The molecular weight excluding hydrogens is 383 g/mol. The Bertz CT molecular complexity index is 979. The Morgan fingerprint density at radius 3 is 2.30 bits per heavy atom. The first-order valence-electron chi connectivity index (χ1n) is 10.1. The average Bonchev–Trinajstić information content (AvgIpc) is 2.68. The second-order valence-corrected chi connectivity index (χ2v) is 8.05. The van der Waals surface area contributed by atoms with Gasteiger partial charge in [0, 0.05) is 31.5 Å². The number of hydrogen-bond donors (Lipinski definition) is 1. The topological polar surface area (TPSA) is 60.9 Å². The maximum Gasteiger partial charge on any atom is 0.254 e. The third-order valence-electron chi connectivity index (χ3n) is 6.26. The Labute approximate surface area is 175 Å². The molecule has 0 radical (unpaired) electrons. The minimum Gasteiger partial charge on any atom is -0.394 e. The Hall–Kier alpha value is -2.99. The number of hydrogen-bond acceptors (Lipinski definition) is 3. The van der Waals surface area contributed by atoms with E-state index in [0.717, 1.165) is 11.1 Å². The third-order valence-corrected chi connectivity index (χ3v) is 6.26. The van der Waals surface area contributed by atoms with Crippen LogP contribution in [-0.2, 0) is 4.79 Å². The number of carbonyl (C=O) groups excluding carboxylic acids is 2. The predicted molar refractivity (Wildman–Crippen MR) is 112 cm³/mol. The van der Waals surface area contributed by atoms with Crippen LogP contribution in [0.1, 0.15) is 41.3 Å². The number of amides is 2. The molecular formula is C24H25FN2O3. The highest BCUT2D eigenvalue weighted by atomic mass is 19.1. The van der Waals surface area contributed by atoms with Crippen molar-refractivity contribution in [1.82, 2.24) is 9.80 Å². The van der Waals surface area contributed by atoms with Crippen LogP contribution in [0.25, 0.3) is 6.08 Å². The van der Waals surface area contributed by atoms with E-state index < -0.39 is 5.54 Å². The van der Waals surface area contributed by atoms with Crippen molar-refractivity contribution in [2.24, 2.45) is 0 Å². The first kappa shape index (κ1) is 20.3. The van der Waals surface area contributed by atoms with E-state index in [2.05, 4.69) is 0 Å². The van der Waals surface area contributed by atoms with Gasteiger partial charge in [-0.25, -0.2) is 4.39 Å². The summed E-state index contributed by atoms with van der Waals surface area (Å²) in [6.07, 6.45) is 3.98. The largest absolute Gasteiger partial charge is 0.394 e. The number of halogens is 1. The van der Waals surface area contributed by atoms with Crippen LogP contribution in [-0.4, -0.2) is 58.0 Å². The third kappa shape index (κ3) is 3.12. The highest BCUT2D eigenvalue weighted by Gasteiger charge is 2.67. The van der Waals surface area contributed by atoms with E-state index in [4.69, 9.17) is 0 Å². The van der Waals surface area contributed by atoms with Crippen LogP contribution < -0.4 is 0 Å². The van der Waals surface area contributed by atoms with E-state index in [1.54, 1.807) is 9.80 Å². The fraction of sp³-hybridized carbons (Fsp3) is 0.333. The van der Waals surface area contributed by atoms with Gasteiger partial charge in [0.1, 0.15) is 5.82 Å². The first-order chi connectivity index (χ1) is 14.4. The lowest BCUT2D eigenvalue weighted by Crippen LogP contribution is -2.85. The molecule has 2 aromatic carbocycles. The lowest BCUT2D eigenvalue weighted by Gasteiger charge is -2.70. The molecule has 2 atom stereocenters. The van der Waals surface area contributed by atoms with Gasteiger partial charge in [0.25, 0.3) is 5.91 Å². The van der Waals surface area contributed by atoms with Crippen molar-refractivity contribution in [3.8, 4) is 0 Å². The molecule has 1 N–H and O–H groups in total. The molecule has 2 aromatic rings. The summed E-state index contributed by atoms with van der Waals surface area (Å²) in [5.41, 5.74) is 2.04. The van der Waals surface area contributed by atoms with Crippen LogP contribution in [0.5, 0.6) is 0 Å². The number of aliphatic hydroxyl groups excluding tert-OH is 1. The standard InChI is InChI=1S/C24H25FN2O3/c1-3-4-17-5-7-18(8-6-17)22-21(13-28)27(16(2)29)24(22)14-26(15-24)23(30)19-9-11-20(25)12-10-19/h3-12,21-22,28H,13-15H2,1-2H3/b4-3+/t21-,22-/m1/s1. The second kappa shape index (κ2) is 7.69. The Balaban J connectivity index is 1.60. The van der Waals surface area contributed by atoms with Crippen molar-refractivity contribution in [2.45, 2.75) is 31.3 Å². The van der Waals surface area contributed by atoms with Crippen LogP contribution in [0.3, 0.4) is 0 Å². The number of nitrogens with zero attached hydrogens (tertiary/aromatic N) is 2. The molecule has 1 spiro atoms. The average molecular weight is 408 g/mol. The lowest BCUT2D eigenvalue weighted by molar-refractivity contribution is -0.191. The molecule has 30 heavy (non-hydrogen) atoms. The number of benzene rings is 2. The summed E-state index contributed by atoms with van der Waals surface area (Å²) >= 11 is 0. The van der Waals surface area contributed by atoms with Gasteiger partial charge < -0.3 is 14.9 Å². The fourth-order valence-corrected chi connectivity index (χ4v) is 5.06. The molecule has 0 aromatic heterocycles. The van der Waals surface area contributed by atoms with Crippen molar-refractivity contribution < 1.29 is 19.1 Å². The van der Waals surface area contributed by atoms with E-state index in [0.29, 0.717) is 18.7 Å². The molecule has 6 heteroatoms. The van der Waals surface area contributed by atoms with Crippen molar-refractivity contribution in [3.63, 3.8) is 0 Å². The molecule has 0 saturated carbocycles. The SMILES string of the molecule is C/C=C/c1ccc([C@@H]2[C@@H](CO)N(C(C)=O)C23CN(C(=O)c2ccc(F)cc2)C3)cc1. The molecule has 2 aliphatic heterocycles. The van der Waals surface area contributed by atoms with E-state index >= 15 is 0 Å². The van der Waals surface area contributed by atoms with Gasteiger partial charge in [-0.05, 0) is 42.3 Å². The summed E-state index contributed by atoms with van der Waals surface area (Å²) in [4.78, 5) is 28.6. The maximum absolute atomic E-state index is 13.2. The van der Waals surface area contributed by atoms with Gasteiger partial charge in [0.15, 0.2) is 0 Å². The quantitative estimate of drug-likeness (QED) is 0.846. The minimum absolute atomic E-state index is 0.0525. The molecule has 0 bridgehead atoms. The van der Waals surface area contributed by atoms with Gasteiger partial charge in [0.05, 0.1) is 18.2 Å². The Morgan fingerprint density at radius 1 is 1.13 bits per heavy atom. The maximum atomic E-state index is 13.2. The van der Waals surface area contributed by atoms with Crippen LogP contribution in [0, 0.1) is 5.82 Å². The van der Waals surface area contributed by atoms with Crippen LogP contribution in [0.4, 0.5) is 4.39 Å². The number of likely N-dealkylation sites (tertiary alicyclic amines) is 2. The van der Waals surface area contributed by atoms with Gasteiger partial charge in [-0.15, -0.1) is 0 Å². The van der Waals surface area contributed by atoms with Crippen molar-refractivity contribution in [2.75, 3.05) is 19.7 Å². The molecule has 156 valence electrons. The Kier molecular flexibility index (Phi) is 5.20. The monoisotopic (exact) mass is 408 g/mol. The fourth-order valence-electron chi connectivity index (χ4n) is 5.06. The minimum atomic E-state index is -0.517. The van der Waals surface area contributed by atoms with Crippen LogP contribution in [0.15, 0.2) is 54.6 Å². The summed E-state index contributed by atoms with van der Waals surface area (Å²) in [5.74, 6) is -0.729. The predicted octanol–water partition coefficient (Wildman–Crippen LogP) is 3.06. The van der Waals surface area contributed by atoms with Gasteiger partial charge in [-0.2, -0.15) is 0 Å².